The summed E-state index contributed by atoms with van der Waals surface area (Å²) < 4.78 is 21.3. The zero-order valence-corrected chi connectivity index (χ0v) is 39.9. The largest absolute Gasteiger partial charge is 0.486 e. The molecule has 5 aliphatic rings. The molecule has 2 bridgehead atoms. The van der Waals surface area contributed by atoms with Crippen molar-refractivity contribution in [2.75, 3.05) is 50.1 Å². The Kier molecular flexibility index (Phi) is 11.9. The van der Waals surface area contributed by atoms with Crippen molar-refractivity contribution in [1.82, 2.24) is 40.2 Å². The van der Waals surface area contributed by atoms with E-state index in [0.717, 1.165) is 109 Å². The van der Waals surface area contributed by atoms with Crippen LogP contribution in [0.5, 0.6) is 11.8 Å². The Morgan fingerprint density at radius 1 is 1.07 bits per heavy atom. The number of likely N-dealkylation sites (tertiary alicyclic amines) is 1. The Morgan fingerprint density at radius 2 is 1.91 bits per heavy atom. The number of aryl methyl sites for hydroxylation is 1. The highest BCUT2D eigenvalue weighted by Gasteiger charge is 2.41. The van der Waals surface area contributed by atoms with Crippen molar-refractivity contribution < 1.29 is 23.8 Å². The van der Waals surface area contributed by atoms with Gasteiger partial charge in [0.25, 0.3) is 0 Å². The average molecular weight is 940 g/mol. The number of aromatic amines is 1. The lowest BCUT2D eigenvalue weighted by Gasteiger charge is -2.31. The van der Waals surface area contributed by atoms with Crippen LogP contribution in [0.25, 0.3) is 44.1 Å². The Balaban J connectivity index is 1.03. The van der Waals surface area contributed by atoms with Gasteiger partial charge in [0.2, 0.25) is 5.91 Å². The lowest BCUT2D eigenvalue weighted by molar-refractivity contribution is -0.136. The minimum Gasteiger partial charge on any atom is -0.486 e. The minimum atomic E-state index is -0.611. The maximum Gasteiger partial charge on any atom is 0.319 e. The number of benzene rings is 3. The van der Waals surface area contributed by atoms with Gasteiger partial charge >= 0.3 is 6.01 Å². The van der Waals surface area contributed by atoms with E-state index in [2.05, 4.69) is 57.4 Å². The summed E-state index contributed by atoms with van der Waals surface area (Å²) in [5.74, 6) is 1.72. The number of nitrogens with zero attached hydrogens (tertiary/aromatic N) is 7. The van der Waals surface area contributed by atoms with Gasteiger partial charge in [0.05, 0.1) is 35.6 Å². The number of fused-ring (bicyclic) bond motifs is 4. The van der Waals surface area contributed by atoms with Crippen molar-refractivity contribution in [3.63, 3.8) is 0 Å². The van der Waals surface area contributed by atoms with Crippen LogP contribution < -0.4 is 25.0 Å². The molecule has 0 spiro atoms. The maximum absolute atomic E-state index is 14.1. The summed E-state index contributed by atoms with van der Waals surface area (Å²) >= 11 is 7.44. The number of carbonyl (C=O) groups excluding carboxylic acids is 2. The fourth-order valence-electron chi connectivity index (χ4n) is 11.2. The first-order valence-corrected chi connectivity index (χ1v) is 24.7. The second-order valence-electron chi connectivity index (χ2n) is 19.5. The first-order chi connectivity index (χ1) is 33.1. The van der Waals surface area contributed by atoms with Crippen molar-refractivity contribution in [1.29, 1.82) is 0 Å². The molecule has 6 aromatic rings. The molecular weight excluding hydrogens is 880 g/mol. The Hall–Kier alpha value is -6.03. The van der Waals surface area contributed by atoms with E-state index in [1.54, 1.807) is 10.9 Å². The van der Waals surface area contributed by atoms with Gasteiger partial charge in [-0.15, -0.1) is 6.58 Å². The molecule has 11 rings (SSSR count). The van der Waals surface area contributed by atoms with Gasteiger partial charge in [-0.2, -0.15) is 20.2 Å². The number of carbonyl (C=O) groups is 2. The molecule has 4 unspecified atom stereocenters. The van der Waals surface area contributed by atoms with Crippen LogP contribution in [0, 0.1) is 12.8 Å². The summed E-state index contributed by atoms with van der Waals surface area (Å²) in [7, 11) is 1.81. The predicted octanol–water partition coefficient (Wildman–Crippen LogP) is 8.79. The number of hydrogen-bond donors (Lipinski definition) is 3. The molecule has 68 heavy (non-hydrogen) atoms. The van der Waals surface area contributed by atoms with Crippen molar-refractivity contribution in [3.8, 4) is 34.0 Å². The van der Waals surface area contributed by atoms with E-state index in [4.69, 9.17) is 40.9 Å². The molecule has 1 amide bonds. The number of rotatable bonds is 15. The highest BCUT2D eigenvalue weighted by Crippen LogP contribution is 2.53. The van der Waals surface area contributed by atoms with Crippen LogP contribution in [0.2, 0.25) is 5.02 Å². The van der Waals surface area contributed by atoms with E-state index in [1.807, 2.05) is 50.2 Å². The Labute approximate surface area is 400 Å². The second kappa shape index (κ2) is 18.1. The van der Waals surface area contributed by atoms with E-state index in [9.17, 15) is 9.59 Å². The number of anilines is 2. The summed E-state index contributed by atoms with van der Waals surface area (Å²) in [6.45, 7) is 13.9. The van der Waals surface area contributed by atoms with Gasteiger partial charge in [-0.05, 0) is 79.7 Å². The molecule has 7 heterocycles. The van der Waals surface area contributed by atoms with Gasteiger partial charge in [0.1, 0.15) is 35.8 Å². The summed E-state index contributed by atoms with van der Waals surface area (Å²) in [5, 5.41) is 21.8. The Morgan fingerprint density at radius 3 is 2.63 bits per heavy atom. The van der Waals surface area contributed by atoms with Crippen LogP contribution in [-0.4, -0.2) is 111 Å². The molecule has 354 valence electrons. The number of ether oxygens (including phenoxy) is 3. The van der Waals surface area contributed by atoms with Crippen LogP contribution in [0.3, 0.4) is 0 Å². The molecule has 16 heteroatoms. The molecule has 3 N–H and O–H groups in total. The molecule has 1 saturated carbocycles. The van der Waals surface area contributed by atoms with Gasteiger partial charge < -0.3 is 34.6 Å². The summed E-state index contributed by atoms with van der Waals surface area (Å²) in [6.07, 6.45) is 12.7. The van der Waals surface area contributed by atoms with Gasteiger partial charge in [-0.25, -0.2) is 0 Å². The first kappa shape index (κ1) is 44.5. The molecule has 1 aliphatic carbocycles. The SMILES string of the molecule is C=CC1CCCN1C(=O)C(C(C)C)n1cc(-c2ccc(COc3c(-c4c(C)ccc5[nH]ncc45)c(C4CC4)cc4c(N5CC6CC5CN6)nc(OC5CCOCC5)nc34)c(Cl)c2NC)c(C=O)n1. The smallest absolute Gasteiger partial charge is 0.319 e. The molecule has 5 fully saturated rings. The highest BCUT2D eigenvalue weighted by atomic mass is 35.5. The summed E-state index contributed by atoms with van der Waals surface area (Å²) in [4.78, 5) is 41.8. The van der Waals surface area contributed by atoms with E-state index < -0.39 is 6.04 Å². The zero-order valence-electron chi connectivity index (χ0n) is 39.2. The fraction of sp³-hybridized carbons (Fsp3) is 0.462. The lowest BCUT2D eigenvalue weighted by atomic mass is 9.89. The molecule has 0 radical (unpaired) electrons. The summed E-state index contributed by atoms with van der Waals surface area (Å²) in [6, 6.07) is 10.8. The first-order valence-electron chi connectivity index (χ1n) is 24.3. The fourth-order valence-corrected chi connectivity index (χ4v) is 11.5. The number of H-pyrrole nitrogens is 1. The lowest BCUT2D eigenvalue weighted by Crippen LogP contribution is -2.44. The van der Waals surface area contributed by atoms with E-state index in [1.165, 1.54) is 5.56 Å². The zero-order chi connectivity index (χ0) is 46.8. The number of aldehydes is 1. The number of hydrogen-bond acceptors (Lipinski definition) is 12. The molecule has 15 nitrogen and oxygen atoms in total. The summed E-state index contributed by atoms with van der Waals surface area (Å²) in [5.41, 5.74) is 8.75. The minimum absolute atomic E-state index is 0.0258. The monoisotopic (exact) mass is 938 g/mol. The van der Waals surface area contributed by atoms with Gasteiger partial charge in [-0.3, -0.25) is 19.4 Å². The Bertz CT molecular complexity index is 2940. The van der Waals surface area contributed by atoms with Crippen molar-refractivity contribution >= 4 is 57.1 Å². The third-order valence-electron chi connectivity index (χ3n) is 14.8. The maximum atomic E-state index is 14.1. The molecule has 4 aliphatic heterocycles. The molecule has 3 aromatic carbocycles. The third kappa shape index (κ3) is 7.85. The topological polar surface area (TPSA) is 165 Å². The van der Waals surface area contributed by atoms with Crippen molar-refractivity contribution in [3.05, 3.63) is 82.8 Å². The molecule has 3 aromatic heterocycles. The number of amides is 1. The van der Waals surface area contributed by atoms with Gasteiger partial charge in [0.15, 0.2) is 12.0 Å². The number of aromatic nitrogens is 6. The quantitative estimate of drug-likeness (QED) is 0.0663. The number of nitrogens with one attached hydrogen (secondary N) is 3. The van der Waals surface area contributed by atoms with Gasteiger partial charge in [-0.1, -0.05) is 49.7 Å². The van der Waals surface area contributed by atoms with E-state index >= 15 is 0 Å². The van der Waals surface area contributed by atoms with Crippen LogP contribution in [0.4, 0.5) is 11.5 Å². The van der Waals surface area contributed by atoms with Crippen LogP contribution in [0.1, 0.15) is 97.9 Å². The van der Waals surface area contributed by atoms with Crippen LogP contribution in [-0.2, 0) is 16.1 Å². The van der Waals surface area contributed by atoms with E-state index in [0.29, 0.717) is 76.9 Å². The standard InChI is InChI=1S/C52H59ClN10O5/c1-6-33-8-7-17-61(33)51(65)48(28(2)3)63-25-40(42(26-64)60-63)36-13-12-31(45(53)46(36)54-5)27-67-49-44(43-29(4)9-14-41-39(43)23-56-59-41)37(30-10-11-30)21-38-47(49)57-52(68-35-15-18-66-19-16-35)58-50(38)62-24-32-20-34(62)22-55-32/h6,9,12-14,21,23,25-26,28,30,32-35,48,54-55H,1,7-8,10-11,15-20,22,24,27H2,2-5H3,(H,56,59). The number of piperazine rings is 1. The third-order valence-corrected chi connectivity index (χ3v) is 15.3. The predicted molar refractivity (Wildman–Crippen MR) is 264 cm³/mol. The van der Waals surface area contributed by atoms with Crippen molar-refractivity contribution in [2.24, 2.45) is 5.92 Å². The number of halogens is 1. The normalized spacial score (nSPS) is 21.1. The van der Waals surface area contributed by atoms with Crippen LogP contribution in [0.15, 0.2) is 55.4 Å². The van der Waals surface area contributed by atoms with Crippen molar-refractivity contribution in [2.45, 2.75) is 109 Å². The average Bonchev–Trinajstić information content (AvgIpc) is 3.88. The van der Waals surface area contributed by atoms with Gasteiger partial charge in [0, 0.05) is 96.9 Å². The molecule has 4 saturated heterocycles. The second-order valence-corrected chi connectivity index (χ2v) is 19.9. The van der Waals surface area contributed by atoms with E-state index in [-0.39, 0.29) is 36.3 Å². The highest BCUT2D eigenvalue weighted by molar-refractivity contribution is 6.34. The van der Waals surface area contributed by atoms with Crippen LogP contribution >= 0.6 is 11.6 Å². The molecular formula is C52H59ClN10O5. The molecule has 4 atom stereocenters.